The van der Waals surface area contributed by atoms with Gasteiger partial charge in [0, 0.05) is 4.57 Å². The maximum absolute atomic E-state index is 11.8. The standard InChI is InChI=1S/C34H54O3P/c35-38(36-31-23-13-9-5-1-3-7-11-17-25-33-27-19-15-20-28-33)37-32-24-14-10-6-2-4-8-12-18-26-34-29-21-16-22-30-34/h15-16,19-22,27-30H,1-14,17-18,23-26,31-32H2/q+1. The molecule has 0 bridgehead atoms. The predicted molar refractivity (Wildman–Crippen MR) is 163 cm³/mol. The van der Waals surface area contributed by atoms with Crippen molar-refractivity contribution in [1.82, 2.24) is 0 Å². The fourth-order valence-corrected chi connectivity index (χ4v) is 5.57. The van der Waals surface area contributed by atoms with Crippen molar-refractivity contribution in [3.05, 3.63) is 71.8 Å². The van der Waals surface area contributed by atoms with E-state index in [2.05, 4.69) is 60.7 Å². The maximum Gasteiger partial charge on any atom is 0.697 e. The summed E-state index contributed by atoms with van der Waals surface area (Å²) in [5.41, 5.74) is 2.92. The molecule has 2 aromatic carbocycles. The normalized spacial score (nSPS) is 11.2. The second-order valence-corrected chi connectivity index (χ2v) is 11.7. The first-order valence-electron chi connectivity index (χ1n) is 15.7. The van der Waals surface area contributed by atoms with Crippen LogP contribution in [0, 0.1) is 0 Å². The van der Waals surface area contributed by atoms with E-state index in [4.69, 9.17) is 9.05 Å². The average molecular weight is 542 g/mol. The SMILES string of the molecule is O=[P+](OCCCCCCCCCCCc1ccccc1)OCCCCCCCCCCCc1ccccc1. The van der Waals surface area contributed by atoms with Crippen molar-refractivity contribution in [2.45, 2.75) is 128 Å². The van der Waals surface area contributed by atoms with E-state index in [0.717, 1.165) is 25.7 Å². The molecule has 0 amide bonds. The first kappa shape index (κ1) is 32.7. The Kier molecular flexibility index (Phi) is 21.1. The summed E-state index contributed by atoms with van der Waals surface area (Å²) in [5.74, 6) is 0. The molecule has 4 heteroatoms. The number of rotatable bonds is 26. The molecule has 0 aliphatic rings. The summed E-state index contributed by atoms with van der Waals surface area (Å²) in [6, 6.07) is 21.6. The molecule has 2 aromatic rings. The highest BCUT2D eigenvalue weighted by Gasteiger charge is 2.18. The third-order valence-electron chi connectivity index (χ3n) is 7.30. The molecule has 0 unspecified atom stereocenters. The van der Waals surface area contributed by atoms with E-state index in [1.165, 1.54) is 114 Å². The van der Waals surface area contributed by atoms with E-state index in [0.29, 0.717) is 13.2 Å². The van der Waals surface area contributed by atoms with Crippen LogP contribution in [-0.2, 0) is 26.5 Å². The molecule has 2 rings (SSSR count). The lowest BCUT2D eigenvalue weighted by Gasteiger charge is -2.03. The number of unbranched alkanes of at least 4 members (excludes halogenated alkanes) is 16. The van der Waals surface area contributed by atoms with Gasteiger partial charge in [-0.15, -0.1) is 9.05 Å². The molecule has 3 nitrogen and oxygen atoms in total. The predicted octanol–water partition coefficient (Wildman–Crippen LogP) is 11.2. The molecular formula is C34H54O3P+. The van der Waals surface area contributed by atoms with E-state index in [-0.39, 0.29) is 0 Å². The summed E-state index contributed by atoms with van der Waals surface area (Å²) in [7, 11) is -1.94. The molecule has 0 saturated heterocycles. The van der Waals surface area contributed by atoms with E-state index in [9.17, 15) is 4.57 Å². The minimum Gasteiger partial charge on any atom is -0.119 e. The van der Waals surface area contributed by atoms with Gasteiger partial charge in [0.15, 0.2) is 0 Å². The van der Waals surface area contributed by atoms with Crippen molar-refractivity contribution in [3.8, 4) is 0 Å². The van der Waals surface area contributed by atoms with Crippen LogP contribution in [0.1, 0.15) is 127 Å². The Hall–Kier alpha value is -1.54. The Bertz CT molecular complexity index is 715. The number of aryl methyl sites for hydroxylation is 2. The van der Waals surface area contributed by atoms with Gasteiger partial charge in [0.25, 0.3) is 0 Å². The van der Waals surface area contributed by atoms with Crippen LogP contribution in [0.5, 0.6) is 0 Å². The van der Waals surface area contributed by atoms with Crippen molar-refractivity contribution >= 4 is 8.25 Å². The van der Waals surface area contributed by atoms with Gasteiger partial charge >= 0.3 is 8.25 Å². The number of benzene rings is 2. The molecule has 0 aromatic heterocycles. The fourth-order valence-electron chi connectivity index (χ4n) is 4.94. The highest BCUT2D eigenvalue weighted by Crippen LogP contribution is 2.25. The zero-order valence-electron chi connectivity index (χ0n) is 24.0. The van der Waals surface area contributed by atoms with Crippen LogP contribution in [0.25, 0.3) is 0 Å². The molecule has 212 valence electrons. The van der Waals surface area contributed by atoms with Crippen molar-refractivity contribution in [2.24, 2.45) is 0 Å². The van der Waals surface area contributed by atoms with Gasteiger partial charge in [-0.2, -0.15) is 0 Å². The second-order valence-electron chi connectivity index (χ2n) is 10.7. The first-order chi connectivity index (χ1) is 18.8. The van der Waals surface area contributed by atoms with Crippen LogP contribution in [-0.4, -0.2) is 13.2 Å². The molecule has 0 atom stereocenters. The number of hydrogen-bond donors (Lipinski definition) is 0. The van der Waals surface area contributed by atoms with Gasteiger partial charge in [0.2, 0.25) is 0 Å². The zero-order valence-corrected chi connectivity index (χ0v) is 24.9. The zero-order chi connectivity index (χ0) is 26.8. The molecule has 0 spiro atoms. The van der Waals surface area contributed by atoms with Gasteiger partial charge in [-0.3, -0.25) is 0 Å². The highest BCUT2D eigenvalue weighted by atomic mass is 31.1. The van der Waals surface area contributed by atoms with Crippen LogP contribution in [0.15, 0.2) is 60.7 Å². The molecule has 38 heavy (non-hydrogen) atoms. The summed E-state index contributed by atoms with van der Waals surface area (Å²) >= 11 is 0. The summed E-state index contributed by atoms with van der Waals surface area (Å²) < 4.78 is 22.6. The molecule has 0 saturated carbocycles. The van der Waals surface area contributed by atoms with Crippen molar-refractivity contribution < 1.29 is 13.6 Å². The Morgan fingerprint density at radius 2 is 0.684 bits per heavy atom. The Morgan fingerprint density at radius 3 is 1.03 bits per heavy atom. The van der Waals surface area contributed by atoms with Gasteiger partial charge in [-0.05, 0) is 49.7 Å². The van der Waals surface area contributed by atoms with E-state index in [1.54, 1.807) is 0 Å². The molecule has 0 radical (unpaired) electrons. The van der Waals surface area contributed by atoms with E-state index < -0.39 is 8.25 Å². The highest BCUT2D eigenvalue weighted by molar-refractivity contribution is 7.33. The van der Waals surface area contributed by atoms with Crippen molar-refractivity contribution in [2.75, 3.05) is 13.2 Å². The Labute approximate surface area is 235 Å². The minimum absolute atomic E-state index is 0.556. The smallest absolute Gasteiger partial charge is 0.119 e. The van der Waals surface area contributed by atoms with Gasteiger partial charge in [-0.1, -0.05) is 151 Å². The van der Waals surface area contributed by atoms with Crippen LogP contribution in [0.3, 0.4) is 0 Å². The lowest BCUT2D eigenvalue weighted by atomic mass is 10.0. The number of hydrogen-bond acceptors (Lipinski definition) is 3. The largest absolute Gasteiger partial charge is 0.697 e. The van der Waals surface area contributed by atoms with Crippen LogP contribution >= 0.6 is 8.25 Å². The lowest BCUT2D eigenvalue weighted by Crippen LogP contribution is -1.92. The minimum atomic E-state index is -1.94. The van der Waals surface area contributed by atoms with E-state index >= 15 is 0 Å². The van der Waals surface area contributed by atoms with Gasteiger partial charge in [-0.25, -0.2) is 0 Å². The maximum atomic E-state index is 11.8. The first-order valence-corrected chi connectivity index (χ1v) is 16.7. The third-order valence-corrected chi connectivity index (χ3v) is 8.09. The van der Waals surface area contributed by atoms with Crippen LogP contribution in [0.4, 0.5) is 0 Å². The molecule has 0 fully saturated rings. The summed E-state index contributed by atoms with van der Waals surface area (Å²) in [4.78, 5) is 0. The quantitative estimate of drug-likeness (QED) is 0.0877. The molecular weight excluding hydrogens is 487 g/mol. The van der Waals surface area contributed by atoms with Gasteiger partial charge in [0.05, 0.1) is 0 Å². The summed E-state index contributed by atoms with van der Waals surface area (Å²) in [6.07, 6.45) is 25.1. The van der Waals surface area contributed by atoms with Crippen molar-refractivity contribution in [1.29, 1.82) is 0 Å². The topological polar surface area (TPSA) is 35.5 Å². The Morgan fingerprint density at radius 1 is 0.395 bits per heavy atom. The van der Waals surface area contributed by atoms with Gasteiger partial charge in [0.1, 0.15) is 13.2 Å². The van der Waals surface area contributed by atoms with E-state index in [1.807, 2.05) is 0 Å². The summed E-state index contributed by atoms with van der Waals surface area (Å²) in [5, 5.41) is 0. The molecule has 0 N–H and O–H groups in total. The third kappa shape index (κ3) is 19.5. The van der Waals surface area contributed by atoms with Crippen molar-refractivity contribution in [3.63, 3.8) is 0 Å². The summed E-state index contributed by atoms with van der Waals surface area (Å²) in [6.45, 7) is 1.11. The molecule has 0 aliphatic heterocycles. The monoisotopic (exact) mass is 541 g/mol. The average Bonchev–Trinajstić information content (AvgIpc) is 2.95. The molecule has 0 heterocycles. The second kappa shape index (κ2) is 24.5. The van der Waals surface area contributed by atoms with Gasteiger partial charge < -0.3 is 0 Å². The lowest BCUT2D eigenvalue weighted by molar-refractivity contribution is 0.218. The fraction of sp³-hybridized carbons (Fsp3) is 0.647. The molecule has 0 aliphatic carbocycles. The Balaban J connectivity index is 1.22. The van der Waals surface area contributed by atoms with Crippen LogP contribution in [0.2, 0.25) is 0 Å². The van der Waals surface area contributed by atoms with Crippen LogP contribution < -0.4 is 0 Å².